The van der Waals surface area contributed by atoms with Crippen molar-refractivity contribution in [3.8, 4) is 0 Å². The number of hydrogen-bond donors (Lipinski definition) is 1. The van der Waals surface area contributed by atoms with Gasteiger partial charge in [-0.3, -0.25) is 4.79 Å². The van der Waals surface area contributed by atoms with Gasteiger partial charge in [0.1, 0.15) is 0 Å². The first-order valence-corrected chi connectivity index (χ1v) is 9.88. The molecular formula is C19H27NO2S. The summed E-state index contributed by atoms with van der Waals surface area (Å²) < 4.78 is 6.06. The van der Waals surface area contributed by atoms with Gasteiger partial charge in [0.25, 0.3) is 0 Å². The summed E-state index contributed by atoms with van der Waals surface area (Å²) in [7, 11) is 0. The largest absolute Gasteiger partial charge is 0.373 e. The van der Waals surface area contributed by atoms with Crippen molar-refractivity contribution in [1.82, 2.24) is 5.32 Å². The number of aryl methyl sites for hydroxylation is 1. The summed E-state index contributed by atoms with van der Waals surface area (Å²) >= 11 is 1.69. The summed E-state index contributed by atoms with van der Waals surface area (Å²) in [6, 6.07) is 8.58. The zero-order chi connectivity index (χ0) is 16.1. The van der Waals surface area contributed by atoms with E-state index in [2.05, 4.69) is 36.5 Å². The third-order valence-corrected chi connectivity index (χ3v) is 6.07. The molecule has 1 saturated carbocycles. The van der Waals surface area contributed by atoms with Crippen molar-refractivity contribution in [1.29, 1.82) is 0 Å². The number of benzene rings is 1. The maximum absolute atomic E-state index is 12.2. The van der Waals surface area contributed by atoms with Gasteiger partial charge >= 0.3 is 0 Å². The second-order valence-electron chi connectivity index (χ2n) is 6.94. The Labute approximate surface area is 143 Å². The molecule has 2 fully saturated rings. The second-order valence-corrected chi connectivity index (χ2v) is 7.93. The zero-order valence-corrected chi connectivity index (χ0v) is 14.8. The van der Waals surface area contributed by atoms with Crippen LogP contribution in [0.5, 0.6) is 0 Å². The van der Waals surface area contributed by atoms with Crippen molar-refractivity contribution in [2.24, 2.45) is 0 Å². The lowest BCUT2D eigenvalue weighted by Gasteiger charge is -2.32. The van der Waals surface area contributed by atoms with Gasteiger partial charge in [0.05, 0.1) is 24.0 Å². The maximum atomic E-state index is 12.2. The molecule has 0 aromatic heterocycles. The van der Waals surface area contributed by atoms with Crippen LogP contribution in [0.15, 0.2) is 24.3 Å². The van der Waals surface area contributed by atoms with Crippen LogP contribution >= 0.6 is 11.8 Å². The molecule has 1 aromatic rings. The van der Waals surface area contributed by atoms with Crippen molar-refractivity contribution in [2.45, 2.75) is 62.8 Å². The maximum Gasteiger partial charge on any atom is 0.230 e. The minimum atomic E-state index is 0.0739. The molecule has 1 heterocycles. The molecule has 2 aliphatic rings. The zero-order valence-electron chi connectivity index (χ0n) is 14.0. The van der Waals surface area contributed by atoms with Gasteiger partial charge in [-0.05, 0) is 37.3 Å². The summed E-state index contributed by atoms with van der Waals surface area (Å²) in [6.07, 6.45) is 7.21. The van der Waals surface area contributed by atoms with Crippen LogP contribution < -0.4 is 5.32 Å². The summed E-state index contributed by atoms with van der Waals surface area (Å²) in [6.45, 7) is 2.81. The Balaban J connectivity index is 1.39. The Morgan fingerprint density at radius 2 is 2.09 bits per heavy atom. The number of nitrogens with one attached hydrogen (secondary N) is 1. The van der Waals surface area contributed by atoms with E-state index in [1.54, 1.807) is 11.8 Å². The van der Waals surface area contributed by atoms with Crippen molar-refractivity contribution in [3.05, 3.63) is 35.4 Å². The Kier molecular flexibility index (Phi) is 5.65. The first-order chi connectivity index (χ1) is 11.2. The van der Waals surface area contributed by atoms with E-state index < -0.39 is 0 Å². The topological polar surface area (TPSA) is 38.3 Å². The lowest BCUT2D eigenvalue weighted by Crippen LogP contribution is -2.38. The quantitative estimate of drug-likeness (QED) is 0.890. The lowest BCUT2D eigenvalue weighted by molar-refractivity contribution is -0.119. The molecule has 4 heteroatoms. The van der Waals surface area contributed by atoms with Crippen LogP contribution in [0.2, 0.25) is 0 Å². The number of rotatable bonds is 5. The van der Waals surface area contributed by atoms with Crippen LogP contribution in [-0.4, -0.2) is 29.9 Å². The molecule has 1 atom stereocenters. The van der Waals surface area contributed by atoms with Crippen molar-refractivity contribution >= 4 is 17.7 Å². The highest BCUT2D eigenvalue weighted by Gasteiger charge is 2.41. The summed E-state index contributed by atoms with van der Waals surface area (Å²) in [5.74, 6) is 1.56. The Hall–Kier alpha value is -1.00. The number of ether oxygens (including phenoxy) is 1. The molecule has 1 spiro atoms. The fourth-order valence-electron chi connectivity index (χ4n) is 3.78. The lowest BCUT2D eigenvalue weighted by atomic mass is 9.82. The molecule has 3 nitrogen and oxygen atoms in total. The fraction of sp³-hybridized carbons (Fsp3) is 0.632. The van der Waals surface area contributed by atoms with Gasteiger partial charge in [0.15, 0.2) is 0 Å². The van der Waals surface area contributed by atoms with Crippen molar-refractivity contribution < 1.29 is 9.53 Å². The molecule has 0 radical (unpaired) electrons. The van der Waals surface area contributed by atoms with Crippen molar-refractivity contribution in [2.75, 3.05) is 12.4 Å². The predicted octanol–water partition coefficient (Wildman–Crippen LogP) is 3.84. The SMILES string of the molecule is Cc1ccccc1CSCC(=O)N[C@H]1COC2(CCCCC2)C1. The smallest absolute Gasteiger partial charge is 0.230 e. The normalized spacial score (nSPS) is 23.1. The molecule has 1 aliphatic carbocycles. The van der Waals surface area contributed by atoms with Gasteiger partial charge in [-0.2, -0.15) is 0 Å². The molecule has 0 unspecified atom stereocenters. The van der Waals surface area contributed by atoms with Gasteiger partial charge < -0.3 is 10.1 Å². The standard InChI is InChI=1S/C19H27NO2S/c1-15-7-3-4-8-16(15)13-23-14-18(21)20-17-11-19(22-12-17)9-5-2-6-10-19/h3-4,7-8,17H,2,5-6,9-14H2,1H3,(H,20,21)/t17-/m1/s1. The van der Waals surface area contributed by atoms with Gasteiger partial charge in [0, 0.05) is 5.75 Å². The molecule has 3 rings (SSSR count). The molecule has 126 valence electrons. The highest BCUT2D eigenvalue weighted by atomic mass is 32.2. The predicted molar refractivity (Wildman–Crippen MR) is 95.7 cm³/mol. The van der Waals surface area contributed by atoms with Crippen LogP contribution in [0.1, 0.15) is 49.7 Å². The molecule has 1 N–H and O–H groups in total. The first kappa shape index (κ1) is 16.8. The Bertz CT molecular complexity index is 540. The second kappa shape index (κ2) is 7.71. The van der Waals surface area contributed by atoms with Gasteiger partial charge in [0.2, 0.25) is 5.91 Å². The average molecular weight is 333 g/mol. The monoisotopic (exact) mass is 333 g/mol. The van der Waals surface area contributed by atoms with Crippen LogP contribution in [-0.2, 0) is 15.3 Å². The molecule has 1 amide bonds. The summed E-state index contributed by atoms with van der Waals surface area (Å²) in [5.41, 5.74) is 2.68. The summed E-state index contributed by atoms with van der Waals surface area (Å²) in [4.78, 5) is 12.2. The Morgan fingerprint density at radius 3 is 2.87 bits per heavy atom. The van der Waals surface area contributed by atoms with E-state index >= 15 is 0 Å². The summed E-state index contributed by atoms with van der Waals surface area (Å²) in [5, 5.41) is 3.17. The molecule has 1 aromatic carbocycles. The molecular weight excluding hydrogens is 306 g/mol. The number of carbonyl (C=O) groups excluding carboxylic acids is 1. The number of hydrogen-bond acceptors (Lipinski definition) is 3. The molecule has 0 bridgehead atoms. The fourth-order valence-corrected chi connectivity index (χ4v) is 4.69. The van der Waals surface area contributed by atoms with Gasteiger partial charge in [-0.15, -0.1) is 11.8 Å². The number of thioether (sulfide) groups is 1. The minimum absolute atomic E-state index is 0.0739. The molecule has 1 saturated heterocycles. The third kappa shape index (κ3) is 4.51. The van der Waals surface area contributed by atoms with E-state index in [-0.39, 0.29) is 17.6 Å². The van der Waals surface area contributed by atoms with Gasteiger partial charge in [-0.25, -0.2) is 0 Å². The van der Waals surface area contributed by atoms with E-state index in [0.29, 0.717) is 12.4 Å². The van der Waals surface area contributed by atoms with Crippen LogP contribution in [0.3, 0.4) is 0 Å². The van der Waals surface area contributed by atoms with Crippen molar-refractivity contribution in [3.63, 3.8) is 0 Å². The minimum Gasteiger partial charge on any atom is -0.373 e. The van der Waals surface area contributed by atoms with E-state index in [1.807, 2.05) is 0 Å². The van der Waals surface area contributed by atoms with Gasteiger partial charge in [-0.1, -0.05) is 43.5 Å². The highest BCUT2D eigenvalue weighted by molar-refractivity contribution is 7.99. The van der Waals surface area contributed by atoms with E-state index in [0.717, 1.165) is 12.2 Å². The highest BCUT2D eigenvalue weighted by Crippen LogP contribution is 2.39. The van der Waals surface area contributed by atoms with E-state index in [4.69, 9.17) is 4.74 Å². The first-order valence-electron chi connectivity index (χ1n) is 8.72. The molecule has 23 heavy (non-hydrogen) atoms. The van der Waals surface area contributed by atoms with Crippen LogP contribution in [0, 0.1) is 6.92 Å². The van der Waals surface area contributed by atoms with Crippen LogP contribution in [0.4, 0.5) is 0 Å². The van der Waals surface area contributed by atoms with Crippen LogP contribution in [0.25, 0.3) is 0 Å². The third-order valence-electron chi connectivity index (χ3n) is 5.09. The number of amides is 1. The number of carbonyl (C=O) groups is 1. The van der Waals surface area contributed by atoms with E-state index in [1.165, 1.54) is 43.2 Å². The molecule has 1 aliphatic heterocycles. The Morgan fingerprint density at radius 1 is 1.30 bits per heavy atom. The van der Waals surface area contributed by atoms with E-state index in [9.17, 15) is 4.79 Å². The average Bonchev–Trinajstić information content (AvgIpc) is 2.92.